The lowest BCUT2D eigenvalue weighted by Crippen LogP contribution is -2.08. The van der Waals surface area contributed by atoms with E-state index in [0.29, 0.717) is 13.2 Å². The molecule has 1 aromatic heterocycles. The summed E-state index contributed by atoms with van der Waals surface area (Å²) in [6.45, 7) is 14.5. The molecule has 1 heterocycles. The van der Waals surface area contributed by atoms with E-state index >= 15 is 0 Å². The zero-order chi connectivity index (χ0) is 14.4. The van der Waals surface area contributed by atoms with E-state index in [1.54, 1.807) is 18.2 Å². The molecule has 0 atom stereocenters. The SMILES string of the molecule is C=C(C)c1nn(CCOC(C)=COC)nc1C(=C)C. The van der Waals surface area contributed by atoms with Gasteiger partial charge in [0.15, 0.2) is 0 Å². The number of ether oxygens (including phenoxy) is 2. The standard InChI is InChI=1S/C14H21N3O2/c1-10(2)13-14(11(3)4)16-17(15-13)7-8-19-12(5)9-18-6/h9H,1,3,7-8H2,2,4-6H3. The molecule has 0 aliphatic rings. The van der Waals surface area contributed by atoms with Crippen LogP contribution in [0.2, 0.25) is 0 Å². The number of allylic oxidation sites excluding steroid dienone is 3. The first-order valence-corrected chi connectivity index (χ1v) is 6.05. The predicted molar refractivity (Wildman–Crippen MR) is 76.2 cm³/mol. The molecule has 0 unspecified atom stereocenters. The number of aromatic nitrogens is 3. The lowest BCUT2D eigenvalue weighted by Gasteiger charge is -2.04. The van der Waals surface area contributed by atoms with E-state index in [-0.39, 0.29) is 0 Å². The smallest absolute Gasteiger partial charge is 0.127 e. The summed E-state index contributed by atoms with van der Waals surface area (Å²) >= 11 is 0. The maximum Gasteiger partial charge on any atom is 0.127 e. The Bertz CT molecular complexity index is 469. The first kappa shape index (κ1) is 15.0. The highest BCUT2D eigenvalue weighted by molar-refractivity contribution is 5.71. The van der Waals surface area contributed by atoms with Crippen LogP contribution in [0.1, 0.15) is 32.2 Å². The van der Waals surface area contributed by atoms with E-state index in [0.717, 1.165) is 28.3 Å². The number of hydrogen-bond donors (Lipinski definition) is 0. The number of rotatable bonds is 7. The molecule has 0 aliphatic carbocycles. The van der Waals surface area contributed by atoms with Crippen molar-refractivity contribution >= 4 is 11.1 Å². The van der Waals surface area contributed by atoms with Gasteiger partial charge in [0, 0.05) is 0 Å². The van der Waals surface area contributed by atoms with Gasteiger partial charge in [0.05, 0.1) is 13.7 Å². The molecule has 5 nitrogen and oxygen atoms in total. The summed E-state index contributed by atoms with van der Waals surface area (Å²) < 4.78 is 10.3. The minimum absolute atomic E-state index is 0.478. The van der Waals surface area contributed by atoms with Gasteiger partial charge in [-0.2, -0.15) is 15.0 Å². The second kappa shape index (κ2) is 6.78. The van der Waals surface area contributed by atoms with Crippen LogP contribution in [0.4, 0.5) is 0 Å². The van der Waals surface area contributed by atoms with E-state index in [2.05, 4.69) is 23.4 Å². The minimum atomic E-state index is 0.478. The lowest BCUT2D eigenvalue weighted by molar-refractivity contribution is 0.176. The molecule has 19 heavy (non-hydrogen) atoms. The first-order valence-electron chi connectivity index (χ1n) is 6.05. The largest absolute Gasteiger partial charge is 0.501 e. The minimum Gasteiger partial charge on any atom is -0.501 e. The highest BCUT2D eigenvalue weighted by Crippen LogP contribution is 2.18. The lowest BCUT2D eigenvalue weighted by atomic mass is 10.1. The van der Waals surface area contributed by atoms with Crippen molar-refractivity contribution in [1.82, 2.24) is 15.0 Å². The molecular formula is C14H21N3O2. The van der Waals surface area contributed by atoms with Crippen molar-refractivity contribution < 1.29 is 9.47 Å². The summed E-state index contributed by atoms with van der Waals surface area (Å²) in [7, 11) is 1.58. The van der Waals surface area contributed by atoms with Gasteiger partial charge in [-0.15, -0.1) is 0 Å². The van der Waals surface area contributed by atoms with Crippen molar-refractivity contribution in [3.05, 3.63) is 36.6 Å². The van der Waals surface area contributed by atoms with Crippen LogP contribution in [-0.2, 0) is 16.0 Å². The van der Waals surface area contributed by atoms with Gasteiger partial charge in [0.1, 0.15) is 30.0 Å². The Balaban J connectivity index is 2.70. The molecule has 0 radical (unpaired) electrons. The van der Waals surface area contributed by atoms with Gasteiger partial charge in [0.2, 0.25) is 0 Å². The van der Waals surface area contributed by atoms with Crippen molar-refractivity contribution in [2.75, 3.05) is 13.7 Å². The number of nitrogens with zero attached hydrogens (tertiary/aromatic N) is 3. The molecular weight excluding hydrogens is 242 g/mol. The highest BCUT2D eigenvalue weighted by atomic mass is 16.5. The summed E-state index contributed by atoms with van der Waals surface area (Å²) in [4.78, 5) is 1.61. The Morgan fingerprint density at radius 1 is 1.16 bits per heavy atom. The fourth-order valence-electron chi connectivity index (χ4n) is 1.51. The average Bonchev–Trinajstić information content (AvgIpc) is 2.74. The van der Waals surface area contributed by atoms with E-state index in [1.165, 1.54) is 0 Å². The van der Waals surface area contributed by atoms with Crippen LogP contribution in [0.25, 0.3) is 11.1 Å². The summed E-state index contributed by atoms with van der Waals surface area (Å²) in [5, 5.41) is 8.78. The number of hydrogen-bond acceptors (Lipinski definition) is 4. The van der Waals surface area contributed by atoms with Gasteiger partial charge in [-0.25, -0.2) is 0 Å². The molecule has 0 N–H and O–H groups in total. The molecule has 0 amide bonds. The van der Waals surface area contributed by atoms with Crippen molar-refractivity contribution in [2.24, 2.45) is 0 Å². The zero-order valence-corrected chi connectivity index (χ0v) is 12.1. The molecule has 104 valence electrons. The molecule has 1 aromatic rings. The zero-order valence-electron chi connectivity index (χ0n) is 12.1. The molecule has 0 spiro atoms. The predicted octanol–water partition coefficient (Wildman–Crippen LogP) is 2.87. The van der Waals surface area contributed by atoms with Crippen LogP contribution < -0.4 is 0 Å². The molecule has 0 fully saturated rings. The van der Waals surface area contributed by atoms with Crippen molar-refractivity contribution in [1.29, 1.82) is 0 Å². The van der Waals surface area contributed by atoms with Gasteiger partial charge in [-0.05, 0) is 31.9 Å². The first-order chi connectivity index (χ1) is 8.95. The topological polar surface area (TPSA) is 49.2 Å². The summed E-state index contributed by atoms with van der Waals surface area (Å²) in [5.74, 6) is 0.718. The van der Waals surface area contributed by atoms with Crippen LogP contribution in [0.15, 0.2) is 25.2 Å². The number of methoxy groups -OCH3 is 1. The second-order valence-electron chi connectivity index (χ2n) is 4.37. The molecule has 0 bridgehead atoms. The van der Waals surface area contributed by atoms with Crippen molar-refractivity contribution in [3.8, 4) is 0 Å². The van der Waals surface area contributed by atoms with E-state index in [4.69, 9.17) is 9.47 Å². The molecule has 0 aliphatic heterocycles. The maximum absolute atomic E-state index is 5.45. The Morgan fingerprint density at radius 2 is 1.68 bits per heavy atom. The second-order valence-corrected chi connectivity index (χ2v) is 4.37. The fourth-order valence-corrected chi connectivity index (χ4v) is 1.51. The summed E-state index contributed by atoms with van der Waals surface area (Å²) in [5.41, 5.74) is 3.33. The summed E-state index contributed by atoms with van der Waals surface area (Å²) in [6, 6.07) is 0. The normalized spacial score (nSPS) is 11.3. The Morgan fingerprint density at radius 3 is 2.11 bits per heavy atom. The average molecular weight is 263 g/mol. The Hall–Kier alpha value is -2.04. The van der Waals surface area contributed by atoms with Crippen molar-refractivity contribution in [3.63, 3.8) is 0 Å². The molecule has 0 saturated heterocycles. The van der Waals surface area contributed by atoms with Crippen LogP contribution in [-0.4, -0.2) is 28.7 Å². The maximum atomic E-state index is 5.45. The molecule has 1 rings (SSSR count). The molecule has 0 aromatic carbocycles. The van der Waals surface area contributed by atoms with Gasteiger partial charge < -0.3 is 9.47 Å². The Kier molecular flexibility index (Phi) is 5.36. The van der Waals surface area contributed by atoms with Crippen LogP contribution in [0, 0.1) is 0 Å². The third-order valence-electron chi connectivity index (χ3n) is 2.37. The van der Waals surface area contributed by atoms with Gasteiger partial charge in [0.25, 0.3) is 0 Å². The molecule has 0 saturated carbocycles. The van der Waals surface area contributed by atoms with Crippen LogP contribution >= 0.6 is 0 Å². The monoisotopic (exact) mass is 263 g/mol. The third kappa shape index (κ3) is 4.28. The highest BCUT2D eigenvalue weighted by Gasteiger charge is 2.12. The van der Waals surface area contributed by atoms with Gasteiger partial charge in [-0.3, -0.25) is 0 Å². The molecule has 5 heteroatoms. The Labute approximate surface area is 114 Å². The van der Waals surface area contributed by atoms with E-state index in [1.807, 2.05) is 20.8 Å². The van der Waals surface area contributed by atoms with Crippen molar-refractivity contribution in [2.45, 2.75) is 27.3 Å². The van der Waals surface area contributed by atoms with E-state index in [9.17, 15) is 0 Å². The fraction of sp³-hybridized carbons (Fsp3) is 0.429. The quantitative estimate of drug-likeness (QED) is 0.710. The third-order valence-corrected chi connectivity index (χ3v) is 2.37. The van der Waals surface area contributed by atoms with Gasteiger partial charge >= 0.3 is 0 Å². The summed E-state index contributed by atoms with van der Waals surface area (Å²) in [6.07, 6.45) is 1.55. The van der Waals surface area contributed by atoms with Crippen LogP contribution in [0.3, 0.4) is 0 Å². The van der Waals surface area contributed by atoms with Crippen LogP contribution in [0.5, 0.6) is 0 Å². The van der Waals surface area contributed by atoms with E-state index < -0.39 is 0 Å². The van der Waals surface area contributed by atoms with Gasteiger partial charge in [-0.1, -0.05) is 13.2 Å².